The van der Waals surface area contributed by atoms with Crippen LogP contribution >= 0.6 is 11.6 Å². The Hall–Kier alpha value is -5.27. The monoisotopic (exact) mass is 673 g/mol. The van der Waals surface area contributed by atoms with E-state index >= 15 is 0 Å². The molecule has 2 aliphatic heterocycles. The van der Waals surface area contributed by atoms with E-state index in [9.17, 15) is 14.0 Å². The number of hydrogen-bond donors (Lipinski definition) is 1. The average Bonchev–Trinajstić information content (AvgIpc) is 3.34. The number of aliphatic imine (C=N–C) groups is 1. The number of carbonyl (C=O) groups is 2. The minimum Gasteiger partial charge on any atom is -0.493 e. The molecule has 3 heterocycles. The number of halogens is 2. The van der Waals surface area contributed by atoms with Crippen LogP contribution in [-0.4, -0.2) is 91.5 Å². The molecule has 6 rings (SSSR count). The van der Waals surface area contributed by atoms with Crippen LogP contribution in [0.5, 0.6) is 17.2 Å². The fraction of sp³-hybridized carbons (Fsp3) is 0.265. The van der Waals surface area contributed by atoms with Gasteiger partial charge in [0.1, 0.15) is 17.3 Å². The van der Waals surface area contributed by atoms with Crippen LogP contribution in [0.15, 0.2) is 65.8 Å². The van der Waals surface area contributed by atoms with Crippen molar-refractivity contribution in [3.8, 4) is 17.2 Å². The Morgan fingerprint density at radius 1 is 0.979 bits per heavy atom. The second-order valence-corrected chi connectivity index (χ2v) is 11.6. The van der Waals surface area contributed by atoms with E-state index in [1.165, 1.54) is 31.4 Å². The van der Waals surface area contributed by atoms with Crippen molar-refractivity contribution in [3.05, 3.63) is 93.9 Å². The van der Waals surface area contributed by atoms with Crippen LogP contribution < -0.4 is 24.8 Å². The molecule has 1 saturated heterocycles. The molecule has 0 saturated carbocycles. The smallest absolute Gasteiger partial charge is 0.278 e. The van der Waals surface area contributed by atoms with Crippen LogP contribution in [0.2, 0.25) is 5.02 Å². The number of carbonyl (C=O) groups excluding carboxylic acids is 2. The van der Waals surface area contributed by atoms with Gasteiger partial charge in [-0.15, -0.1) is 0 Å². The summed E-state index contributed by atoms with van der Waals surface area (Å²) in [7, 11) is 4.63. The highest BCUT2D eigenvalue weighted by Crippen LogP contribution is 2.39. The van der Waals surface area contributed by atoms with Crippen molar-refractivity contribution in [3.63, 3.8) is 0 Å². The van der Waals surface area contributed by atoms with Gasteiger partial charge in [-0.2, -0.15) is 4.98 Å². The quantitative estimate of drug-likeness (QED) is 0.275. The minimum atomic E-state index is -0.393. The molecule has 14 heteroatoms. The summed E-state index contributed by atoms with van der Waals surface area (Å²) < 4.78 is 29.6. The first-order valence-electron chi connectivity index (χ1n) is 15.1. The summed E-state index contributed by atoms with van der Waals surface area (Å²) in [6, 6.07) is 14.3. The lowest BCUT2D eigenvalue weighted by Gasteiger charge is -2.36. The van der Waals surface area contributed by atoms with Crippen molar-refractivity contribution in [1.29, 1.82) is 0 Å². The SMILES string of the molecule is COc1cc(Cc2cnc(/N=C3\C(=O)N(CN4CCN(C(=O)c5ccc(F)cc5)CC4)c4ccc(Cl)cc43)nc2N)cc(OC)c1OC. The largest absolute Gasteiger partial charge is 0.493 e. The Balaban J connectivity index is 1.18. The number of hydrogen-bond acceptors (Lipinski definition) is 10. The number of fused-ring (bicyclic) bond motifs is 1. The van der Waals surface area contributed by atoms with E-state index in [0.717, 1.165) is 5.56 Å². The number of nitrogens with two attached hydrogens (primary N) is 1. The Morgan fingerprint density at radius 3 is 2.29 bits per heavy atom. The van der Waals surface area contributed by atoms with Crippen LogP contribution in [0, 0.1) is 5.82 Å². The summed E-state index contributed by atoms with van der Waals surface area (Å²) in [5, 5.41) is 0.449. The topological polar surface area (TPSA) is 136 Å². The molecule has 0 bridgehead atoms. The molecule has 3 aromatic carbocycles. The Kier molecular flexibility index (Phi) is 9.42. The number of nitrogens with zero attached hydrogens (tertiary/aromatic N) is 6. The van der Waals surface area contributed by atoms with Gasteiger partial charge in [-0.25, -0.2) is 14.4 Å². The highest BCUT2D eigenvalue weighted by molar-refractivity contribution is 6.55. The second-order valence-electron chi connectivity index (χ2n) is 11.2. The van der Waals surface area contributed by atoms with Crippen molar-refractivity contribution < 1.29 is 28.2 Å². The predicted molar refractivity (Wildman–Crippen MR) is 179 cm³/mol. The number of piperazine rings is 1. The van der Waals surface area contributed by atoms with Gasteiger partial charge < -0.3 is 24.8 Å². The van der Waals surface area contributed by atoms with Gasteiger partial charge in [-0.3, -0.25) is 19.4 Å². The van der Waals surface area contributed by atoms with Crippen LogP contribution in [-0.2, 0) is 11.2 Å². The lowest BCUT2D eigenvalue weighted by atomic mass is 10.1. The van der Waals surface area contributed by atoms with Gasteiger partial charge in [0.25, 0.3) is 17.8 Å². The van der Waals surface area contributed by atoms with Crippen molar-refractivity contribution in [2.75, 3.05) is 64.8 Å². The third-order valence-electron chi connectivity index (χ3n) is 8.26. The molecular formula is C34H33ClFN7O5. The molecule has 248 valence electrons. The van der Waals surface area contributed by atoms with E-state index in [0.29, 0.717) is 77.2 Å². The molecule has 2 amide bonds. The minimum absolute atomic E-state index is 0.0326. The summed E-state index contributed by atoms with van der Waals surface area (Å²) in [6.45, 7) is 2.28. The Morgan fingerprint density at radius 2 is 1.67 bits per heavy atom. The Bertz CT molecular complexity index is 1870. The van der Waals surface area contributed by atoms with Gasteiger partial charge in [0.2, 0.25) is 5.75 Å². The number of ether oxygens (including phenoxy) is 3. The van der Waals surface area contributed by atoms with Crippen molar-refractivity contribution in [1.82, 2.24) is 19.8 Å². The molecule has 12 nitrogen and oxygen atoms in total. The standard InChI is InChI=1S/C34H33ClFN7O5/c1-46-27-15-20(16-28(47-2)30(27)48-3)14-22-18-38-34(40-31(22)37)39-29-25-17-23(35)6-9-26(25)43(33(29)45)19-41-10-12-42(13-11-41)32(44)21-4-7-24(36)8-5-21/h4-9,15-18H,10-14,19H2,1-3H3,(H2,37,38,40)/b39-29-. The maximum atomic E-state index is 13.8. The van der Waals surface area contributed by atoms with E-state index in [-0.39, 0.29) is 36.0 Å². The maximum absolute atomic E-state index is 13.8. The number of aromatic nitrogens is 2. The zero-order valence-corrected chi connectivity index (χ0v) is 27.3. The number of methoxy groups -OCH3 is 3. The highest BCUT2D eigenvalue weighted by Gasteiger charge is 2.36. The molecule has 4 aromatic rings. The lowest BCUT2D eigenvalue weighted by molar-refractivity contribution is -0.112. The van der Waals surface area contributed by atoms with Crippen LogP contribution in [0.3, 0.4) is 0 Å². The third kappa shape index (κ3) is 6.60. The number of anilines is 2. The van der Waals surface area contributed by atoms with Crippen LogP contribution in [0.4, 0.5) is 21.8 Å². The molecule has 0 aliphatic carbocycles. The normalized spacial score (nSPS) is 15.5. The summed E-state index contributed by atoms with van der Waals surface area (Å²) >= 11 is 6.34. The highest BCUT2D eigenvalue weighted by atomic mass is 35.5. The number of benzene rings is 3. The second kappa shape index (κ2) is 13.8. The molecule has 0 atom stereocenters. The van der Waals surface area contributed by atoms with E-state index in [4.69, 9.17) is 31.5 Å². The first kappa shape index (κ1) is 32.7. The van der Waals surface area contributed by atoms with Crippen LogP contribution in [0.25, 0.3) is 0 Å². The van der Waals surface area contributed by atoms with Gasteiger partial charge in [0.05, 0.1) is 33.7 Å². The molecule has 2 N–H and O–H groups in total. The van der Waals surface area contributed by atoms with E-state index in [1.807, 2.05) is 12.1 Å². The first-order chi connectivity index (χ1) is 23.2. The molecule has 0 radical (unpaired) electrons. The zero-order chi connectivity index (χ0) is 33.9. The molecule has 48 heavy (non-hydrogen) atoms. The number of amides is 2. The first-order valence-corrected chi connectivity index (χ1v) is 15.4. The van der Waals surface area contributed by atoms with Crippen LogP contribution in [0.1, 0.15) is 27.0 Å². The predicted octanol–water partition coefficient (Wildman–Crippen LogP) is 4.35. The third-order valence-corrected chi connectivity index (χ3v) is 8.50. The van der Waals surface area contributed by atoms with Gasteiger partial charge >= 0.3 is 0 Å². The summed E-state index contributed by atoms with van der Waals surface area (Å²) in [5.41, 5.74) is 9.62. The van der Waals surface area contributed by atoms with Gasteiger partial charge in [-0.05, 0) is 60.2 Å². The van der Waals surface area contributed by atoms with Gasteiger partial charge in [0.15, 0.2) is 11.5 Å². The summed E-state index contributed by atoms with van der Waals surface area (Å²) in [4.78, 5) is 45.5. The van der Waals surface area contributed by atoms with Crippen molar-refractivity contribution in [2.24, 2.45) is 4.99 Å². The van der Waals surface area contributed by atoms with Gasteiger partial charge in [-0.1, -0.05) is 11.6 Å². The molecule has 2 aliphatic rings. The Labute approximate surface area is 281 Å². The molecule has 0 spiro atoms. The van der Waals surface area contributed by atoms with E-state index in [1.54, 1.807) is 48.4 Å². The van der Waals surface area contributed by atoms with Crippen molar-refractivity contribution in [2.45, 2.75) is 6.42 Å². The maximum Gasteiger partial charge on any atom is 0.278 e. The van der Waals surface area contributed by atoms with E-state index < -0.39 is 5.82 Å². The number of rotatable bonds is 9. The van der Waals surface area contributed by atoms with Crippen molar-refractivity contribution >= 4 is 46.6 Å². The summed E-state index contributed by atoms with van der Waals surface area (Å²) in [6.07, 6.45) is 1.96. The van der Waals surface area contributed by atoms with Gasteiger partial charge in [0, 0.05) is 60.5 Å². The lowest BCUT2D eigenvalue weighted by Crippen LogP contribution is -2.52. The fourth-order valence-electron chi connectivity index (χ4n) is 5.76. The molecule has 1 fully saturated rings. The number of nitrogen functional groups attached to an aromatic ring is 1. The molecule has 1 aromatic heterocycles. The summed E-state index contributed by atoms with van der Waals surface area (Å²) in [5.74, 6) is 0.859. The van der Waals surface area contributed by atoms with E-state index in [2.05, 4.69) is 19.9 Å². The zero-order valence-electron chi connectivity index (χ0n) is 26.6. The average molecular weight is 674 g/mol. The fourth-order valence-corrected chi connectivity index (χ4v) is 5.93. The molecule has 0 unspecified atom stereocenters. The molecular weight excluding hydrogens is 641 g/mol.